The molecular formula is C21H25FN8O. The summed E-state index contributed by atoms with van der Waals surface area (Å²) in [6.07, 6.45) is 4.36. The van der Waals surface area contributed by atoms with Crippen LogP contribution in [-0.4, -0.2) is 40.4 Å². The Kier molecular flexibility index (Phi) is 4.75. The van der Waals surface area contributed by atoms with Crippen LogP contribution in [0.3, 0.4) is 0 Å². The number of aliphatic imine (C=N–C) groups is 3. The van der Waals surface area contributed by atoms with Crippen LogP contribution in [0, 0.1) is 12.7 Å². The molecule has 0 bridgehead atoms. The van der Waals surface area contributed by atoms with Crippen LogP contribution < -0.4 is 16.9 Å². The Balaban J connectivity index is 1.43. The van der Waals surface area contributed by atoms with Crippen molar-refractivity contribution >= 4 is 17.9 Å². The van der Waals surface area contributed by atoms with Crippen LogP contribution in [-0.2, 0) is 12.2 Å². The van der Waals surface area contributed by atoms with Crippen molar-refractivity contribution < 1.29 is 8.81 Å². The normalized spacial score (nSPS) is 25.9. The summed E-state index contributed by atoms with van der Waals surface area (Å²) in [5, 5.41) is 1.54. The number of likely N-dealkylation sites (tertiary alicyclic amines) is 1. The Morgan fingerprint density at radius 2 is 2.16 bits per heavy atom. The van der Waals surface area contributed by atoms with Crippen LogP contribution in [0.25, 0.3) is 0 Å². The minimum atomic E-state index is -0.876. The van der Waals surface area contributed by atoms with Crippen molar-refractivity contribution in [3.05, 3.63) is 59.3 Å². The number of rotatable bonds is 5. The van der Waals surface area contributed by atoms with Crippen molar-refractivity contribution in [2.75, 3.05) is 6.54 Å². The quantitative estimate of drug-likeness (QED) is 0.673. The molecule has 9 nitrogen and oxygen atoms in total. The Bertz CT molecular complexity index is 1080. The van der Waals surface area contributed by atoms with E-state index in [0.29, 0.717) is 23.7 Å². The van der Waals surface area contributed by atoms with E-state index in [1.807, 2.05) is 24.3 Å². The van der Waals surface area contributed by atoms with Crippen molar-refractivity contribution in [2.45, 2.75) is 44.4 Å². The maximum Gasteiger partial charge on any atom is 0.248 e. The van der Waals surface area contributed by atoms with Gasteiger partial charge in [0.05, 0.1) is 6.26 Å². The molecule has 5 N–H and O–H groups in total. The number of nitrogens with zero attached hydrogens (tertiary/aromatic N) is 5. The van der Waals surface area contributed by atoms with E-state index >= 15 is 0 Å². The first-order valence-corrected chi connectivity index (χ1v) is 10.3. The fourth-order valence-electron chi connectivity index (χ4n) is 4.54. The number of aryl methyl sites for hydroxylation is 1. The van der Waals surface area contributed by atoms with Crippen LogP contribution in [0.15, 0.2) is 56.0 Å². The van der Waals surface area contributed by atoms with Crippen LogP contribution in [0.5, 0.6) is 0 Å². The monoisotopic (exact) mass is 424 g/mol. The molecule has 3 aliphatic rings. The summed E-state index contributed by atoms with van der Waals surface area (Å²) in [7, 11) is 0. The van der Waals surface area contributed by atoms with E-state index in [-0.39, 0.29) is 23.8 Å². The highest BCUT2D eigenvalue weighted by Gasteiger charge is 2.48. The van der Waals surface area contributed by atoms with Crippen molar-refractivity contribution in [2.24, 2.45) is 26.4 Å². The molecule has 31 heavy (non-hydrogen) atoms. The molecule has 4 heterocycles. The van der Waals surface area contributed by atoms with Crippen molar-refractivity contribution in [1.29, 1.82) is 0 Å². The molecule has 0 saturated carbocycles. The first-order chi connectivity index (χ1) is 14.9. The number of furan rings is 1. The van der Waals surface area contributed by atoms with Gasteiger partial charge in [0.15, 0.2) is 5.66 Å². The Hall–Kier alpha value is -3.24. The van der Waals surface area contributed by atoms with Gasteiger partial charge < -0.3 is 15.9 Å². The lowest BCUT2D eigenvalue weighted by Gasteiger charge is -2.33. The molecule has 1 saturated heterocycles. The molecule has 0 radical (unpaired) electrons. The van der Waals surface area contributed by atoms with Gasteiger partial charge in [0, 0.05) is 19.0 Å². The summed E-state index contributed by atoms with van der Waals surface area (Å²) in [6.45, 7) is 3.50. The molecule has 3 aliphatic heterocycles. The van der Waals surface area contributed by atoms with E-state index in [4.69, 9.17) is 20.9 Å². The highest BCUT2D eigenvalue weighted by Crippen LogP contribution is 2.38. The van der Waals surface area contributed by atoms with Crippen molar-refractivity contribution in [1.82, 2.24) is 15.3 Å². The zero-order valence-electron chi connectivity index (χ0n) is 17.3. The Labute approximate surface area is 179 Å². The third-order valence-electron chi connectivity index (χ3n) is 6.03. The van der Waals surface area contributed by atoms with Gasteiger partial charge in [-0.2, -0.15) is 15.4 Å². The molecule has 0 spiro atoms. The van der Waals surface area contributed by atoms with Gasteiger partial charge in [-0.1, -0.05) is 12.1 Å². The second kappa shape index (κ2) is 7.47. The number of guanidine groups is 3. The molecule has 10 heteroatoms. The second-order valence-electron chi connectivity index (χ2n) is 8.19. The fourth-order valence-corrected chi connectivity index (χ4v) is 4.54. The number of hydrazine groups is 1. The third-order valence-corrected chi connectivity index (χ3v) is 6.03. The van der Waals surface area contributed by atoms with Gasteiger partial charge in [-0.15, -0.1) is 0 Å². The first-order valence-electron chi connectivity index (χ1n) is 10.3. The van der Waals surface area contributed by atoms with E-state index in [1.165, 1.54) is 6.07 Å². The highest BCUT2D eigenvalue weighted by atomic mass is 19.1. The zero-order chi connectivity index (χ0) is 21.6. The average molecular weight is 424 g/mol. The second-order valence-corrected chi connectivity index (χ2v) is 8.19. The molecular weight excluding hydrogens is 399 g/mol. The van der Waals surface area contributed by atoms with Gasteiger partial charge in [-0.25, -0.2) is 14.4 Å². The number of fused-ring (bicyclic) bond motifs is 1. The van der Waals surface area contributed by atoms with Gasteiger partial charge >= 0.3 is 0 Å². The summed E-state index contributed by atoms with van der Waals surface area (Å²) < 4.78 is 19.4. The summed E-state index contributed by atoms with van der Waals surface area (Å²) in [5.74, 6) is 1.10. The van der Waals surface area contributed by atoms with Crippen molar-refractivity contribution in [3.8, 4) is 0 Å². The largest absolute Gasteiger partial charge is 0.465 e. The number of nitrogens with one attached hydrogen (secondary N) is 1. The molecule has 1 aromatic carbocycles. The topological polar surface area (TPSA) is 121 Å². The van der Waals surface area contributed by atoms with Crippen LogP contribution >= 0.6 is 0 Å². The average Bonchev–Trinajstić information content (AvgIpc) is 3.46. The number of benzene rings is 1. The molecule has 1 fully saturated rings. The molecule has 162 valence electrons. The van der Waals surface area contributed by atoms with Gasteiger partial charge in [-0.05, 0) is 55.6 Å². The Morgan fingerprint density at radius 1 is 1.29 bits per heavy atom. The fraction of sp³-hybridized carbons (Fsp3) is 0.381. The summed E-state index contributed by atoms with van der Waals surface area (Å²) in [4.78, 5) is 15.5. The number of hydrogen-bond acceptors (Lipinski definition) is 9. The molecule has 2 atom stereocenters. The molecule has 0 amide bonds. The maximum absolute atomic E-state index is 13.7. The smallest absolute Gasteiger partial charge is 0.248 e. The lowest BCUT2D eigenvalue weighted by Crippen LogP contribution is -2.55. The van der Waals surface area contributed by atoms with Gasteiger partial charge in [-0.3, -0.25) is 4.90 Å². The summed E-state index contributed by atoms with van der Waals surface area (Å²) in [6, 6.07) is 9.25. The minimum absolute atomic E-state index is 0.0683. The Morgan fingerprint density at radius 3 is 2.94 bits per heavy atom. The van der Waals surface area contributed by atoms with Crippen LogP contribution in [0.4, 0.5) is 4.39 Å². The minimum Gasteiger partial charge on any atom is -0.465 e. The first kappa shape index (κ1) is 19.7. The van der Waals surface area contributed by atoms with E-state index in [0.717, 1.165) is 31.5 Å². The van der Waals surface area contributed by atoms with E-state index in [1.54, 1.807) is 18.2 Å². The predicted octanol–water partition coefficient (Wildman–Crippen LogP) is 1.75. The van der Waals surface area contributed by atoms with E-state index in [9.17, 15) is 4.39 Å². The number of halogens is 1. The van der Waals surface area contributed by atoms with E-state index in [2.05, 4.69) is 20.3 Å². The van der Waals surface area contributed by atoms with Crippen LogP contribution in [0.1, 0.15) is 36.1 Å². The zero-order valence-corrected chi connectivity index (χ0v) is 17.3. The SMILES string of the molecule is Cc1cc(CN2CCCC2CC2(c3ccco3)N=C3N=C(N)N=C(N)N3N2)ccc1F. The molecule has 0 aliphatic carbocycles. The van der Waals surface area contributed by atoms with E-state index < -0.39 is 5.66 Å². The number of hydrogen-bond donors (Lipinski definition) is 3. The predicted molar refractivity (Wildman–Crippen MR) is 115 cm³/mol. The molecule has 1 aromatic heterocycles. The highest BCUT2D eigenvalue weighted by molar-refractivity contribution is 6.11. The lowest BCUT2D eigenvalue weighted by molar-refractivity contribution is 0.147. The standard InChI is InChI=1S/C21H25FN8O/c1-13-10-14(6-7-16(13)22)12-29-8-2-4-15(29)11-21(17-5-3-9-31-17)27-20-26-18(23)25-19(24)30(20)28-21/h3,5-7,9-10,15,28H,2,4,8,11-12H2,1H3,(H4,23,24,25,26,27). The van der Waals surface area contributed by atoms with Gasteiger partial charge in [0.1, 0.15) is 11.6 Å². The summed E-state index contributed by atoms with van der Waals surface area (Å²) in [5.41, 5.74) is 16.0. The molecule has 2 aromatic rings. The number of nitrogens with two attached hydrogens (primary N) is 2. The molecule has 5 rings (SSSR count). The van der Waals surface area contributed by atoms with Crippen molar-refractivity contribution in [3.63, 3.8) is 0 Å². The van der Waals surface area contributed by atoms with Gasteiger partial charge in [0.25, 0.3) is 0 Å². The van der Waals surface area contributed by atoms with Gasteiger partial charge in [0.2, 0.25) is 17.9 Å². The van der Waals surface area contributed by atoms with Crippen LogP contribution in [0.2, 0.25) is 0 Å². The molecule has 2 unspecified atom stereocenters. The lowest BCUT2D eigenvalue weighted by atomic mass is 9.96. The summed E-state index contributed by atoms with van der Waals surface area (Å²) >= 11 is 0. The maximum atomic E-state index is 13.7. The third kappa shape index (κ3) is 3.57.